The van der Waals surface area contributed by atoms with E-state index in [9.17, 15) is 23.5 Å². The van der Waals surface area contributed by atoms with E-state index >= 15 is 0 Å². The molecular formula is C31H32ClF2NO3. The van der Waals surface area contributed by atoms with Crippen molar-refractivity contribution in [2.24, 2.45) is 5.92 Å². The van der Waals surface area contributed by atoms with E-state index in [2.05, 4.69) is 4.90 Å². The number of hydrogen-bond acceptors (Lipinski definition) is 4. The second-order valence-electron chi connectivity index (χ2n) is 9.74. The summed E-state index contributed by atoms with van der Waals surface area (Å²) in [6.45, 7) is 1.31. The van der Waals surface area contributed by atoms with Crippen LogP contribution in [0.5, 0.6) is 0 Å². The number of piperidine rings is 1. The summed E-state index contributed by atoms with van der Waals surface area (Å²) in [7, 11) is 0. The van der Waals surface area contributed by atoms with Gasteiger partial charge in [-0.15, -0.1) is 0 Å². The topological polar surface area (TPSA) is 57.6 Å². The maximum atomic E-state index is 13.5. The summed E-state index contributed by atoms with van der Waals surface area (Å²) >= 11 is 5.92. The molecule has 7 heteroatoms. The number of hydrogen-bond donors (Lipinski definition) is 1. The molecule has 1 aliphatic heterocycles. The maximum Gasteiger partial charge on any atom is 0.165 e. The SMILES string of the molecule is [2H]c1c([2H])c(C2(O)CCN(CCC(CCCC(=O)c3ccc(F)cc3)C(=O)c3ccc(F)cc3)CC2)c([2H])c([2H])c1Cl. The van der Waals surface area contributed by atoms with Crippen LogP contribution in [-0.4, -0.2) is 41.2 Å². The predicted octanol–water partition coefficient (Wildman–Crippen LogP) is 6.84. The standard InChI is InChI=1S/C31H32ClF2NO3/c32-26-10-8-25(9-11-26)31(38)17-20-35(21-18-31)19-16-23(30(37)24-6-14-28(34)15-7-24)2-1-3-29(36)22-4-12-27(33)13-5-22/h4-15,23,38H,1-3,16-21H2/i8D,9D,10D,11D. The van der Waals surface area contributed by atoms with Crippen LogP contribution in [0.2, 0.25) is 5.02 Å². The van der Waals surface area contributed by atoms with Crippen LogP contribution in [-0.2, 0) is 5.60 Å². The van der Waals surface area contributed by atoms with Crippen LogP contribution >= 0.6 is 11.6 Å². The third kappa shape index (κ3) is 7.34. The van der Waals surface area contributed by atoms with Gasteiger partial charge in [0.05, 0.1) is 11.1 Å². The zero-order chi connectivity index (χ0) is 30.6. The van der Waals surface area contributed by atoms with Gasteiger partial charge in [-0.3, -0.25) is 9.59 Å². The van der Waals surface area contributed by atoms with Crippen molar-refractivity contribution < 1.29 is 29.0 Å². The lowest BCUT2D eigenvalue weighted by Gasteiger charge is -2.39. The van der Waals surface area contributed by atoms with Crippen LogP contribution in [0.3, 0.4) is 0 Å². The maximum absolute atomic E-state index is 13.5. The van der Waals surface area contributed by atoms with Crippen molar-refractivity contribution in [3.05, 3.63) is 106 Å². The fraction of sp³-hybridized carbons (Fsp3) is 0.355. The van der Waals surface area contributed by atoms with Gasteiger partial charge < -0.3 is 10.0 Å². The van der Waals surface area contributed by atoms with Gasteiger partial charge in [-0.1, -0.05) is 23.7 Å². The summed E-state index contributed by atoms with van der Waals surface area (Å²) in [4.78, 5) is 28.0. The average molecular weight is 544 g/mol. The highest BCUT2D eigenvalue weighted by Gasteiger charge is 2.34. The van der Waals surface area contributed by atoms with E-state index in [-0.39, 0.29) is 65.6 Å². The molecule has 1 fully saturated rings. The molecule has 1 unspecified atom stereocenters. The monoisotopic (exact) mass is 543 g/mol. The number of carbonyl (C=O) groups is 2. The Balaban J connectivity index is 1.40. The molecule has 1 N–H and O–H groups in total. The number of carbonyl (C=O) groups excluding carboxylic acids is 2. The lowest BCUT2D eigenvalue weighted by atomic mass is 9.84. The van der Waals surface area contributed by atoms with E-state index in [1.807, 2.05) is 0 Å². The van der Waals surface area contributed by atoms with Gasteiger partial charge in [0.15, 0.2) is 11.6 Å². The molecule has 1 aliphatic rings. The first-order valence-electron chi connectivity index (χ1n) is 14.7. The first-order chi connectivity index (χ1) is 19.9. The van der Waals surface area contributed by atoms with Gasteiger partial charge in [0.1, 0.15) is 11.6 Å². The lowest BCUT2D eigenvalue weighted by molar-refractivity contribution is -0.0266. The molecule has 38 heavy (non-hydrogen) atoms. The van der Waals surface area contributed by atoms with E-state index in [0.717, 1.165) is 0 Å². The Morgan fingerprint density at radius 3 is 2.05 bits per heavy atom. The third-order valence-corrected chi connectivity index (χ3v) is 7.35. The summed E-state index contributed by atoms with van der Waals surface area (Å²) in [5.41, 5.74) is -0.826. The lowest BCUT2D eigenvalue weighted by Crippen LogP contribution is -2.43. The van der Waals surface area contributed by atoms with Gasteiger partial charge in [0.25, 0.3) is 0 Å². The molecular weight excluding hydrogens is 508 g/mol. The molecule has 1 heterocycles. The third-order valence-electron chi connectivity index (χ3n) is 7.16. The van der Waals surface area contributed by atoms with Crippen LogP contribution in [0.1, 0.15) is 70.3 Å². The van der Waals surface area contributed by atoms with E-state index in [0.29, 0.717) is 50.0 Å². The average Bonchev–Trinajstić information content (AvgIpc) is 2.98. The molecule has 4 nitrogen and oxygen atoms in total. The molecule has 0 aromatic heterocycles. The molecule has 1 atom stereocenters. The first kappa shape index (κ1) is 23.0. The fourth-order valence-corrected chi connectivity index (χ4v) is 4.90. The number of benzene rings is 3. The summed E-state index contributed by atoms with van der Waals surface area (Å²) < 4.78 is 59.2. The first-order valence-corrected chi connectivity index (χ1v) is 13.1. The Kier molecular flexibility index (Phi) is 7.71. The number of rotatable bonds is 11. The van der Waals surface area contributed by atoms with E-state index in [1.54, 1.807) is 0 Å². The van der Waals surface area contributed by atoms with Crippen molar-refractivity contribution in [2.75, 3.05) is 19.6 Å². The summed E-state index contributed by atoms with van der Waals surface area (Å²) in [5, 5.41) is 11.1. The quantitative estimate of drug-likeness (QED) is 0.269. The molecule has 1 saturated heterocycles. The van der Waals surface area contributed by atoms with Crippen molar-refractivity contribution >= 4 is 23.2 Å². The van der Waals surface area contributed by atoms with Crippen LogP contribution in [0.4, 0.5) is 8.78 Å². The minimum Gasteiger partial charge on any atom is -0.385 e. The van der Waals surface area contributed by atoms with Gasteiger partial charge in [-0.25, -0.2) is 8.78 Å². The number of nitrogens with zero attached hydrogens (tertiary/aromatic N) is 1. The second-order valence-corrected chi connectivity index (χ2v) is 10.1. The molecule has 0 saturated carbocycles. The van der Waals surface area contributed by atoms with Crippen LogP contribution < -0.4 is 0 Å². The Bertz CT molecular complexity index is 1420. The zero-order valence-corrected chi connectivity index (χ0v) is 21.7. The summed E-state index contributed by atoms with van der Waals surface area (Å²) in [6.07, 6.45) is 1.86. The molecule has 0 amide bonds. The summed E-state index contributed by atoms with van der Waals surface area (Å²) in [5.74, 6) is -1.61. The van der Waals surface area contributed by atoms with Gasteiger partial charge in [-0.05, 0) is 105 Å². The van der Waals surface area contributed by atoms with Crippen LogP contribution in [0.15, 0.2) is 72.7 Å². The van der Waals surface area contributed by atoms with Crippen molar-refractivity contribution in [1.29, 1.82) is 0 Å². The smallest absolute Gasteiger partial charge is 0.165 e. The fourth-order valence-electron chi connectivity index (χ4n) is 4.81. The molecule has 3 aromatic carbocycles. The van der Waals surface area contributed by atoms with Crippen molar-refractivity contribution in [3.63, 3.8) is 0 Å². The Labute approximate surface area is 232 Å². The van der Waals surface area contributed by atoms with Crippen molar-refractivity contribution in [2.45, 2.75) is 44.1 Å². The minimum atomic E-state index is -1.55. The Morgan fingerprint density at radius 1 is 0.921 bits per heavy atom. The Morgan fingerprint density at radius 2 is 1.47 bits per heavy atom. The van der Waals surface area contributed by atoms with E-state index in [1.165, 1.54) is 48.5 Å². The number of likely N-dealkylation sites (tertiary alicyclic amines) is 1. The van der Waals surface area contributed by atoms with Crippen molar-refractivity contribution in [1.82, 2.24) is 4.90 Å². The highest BCUT2D eigenvalue weighted by atomic mass is 35.5. The zero-order valence-electron chi connectivity index (χ0n) is 24.9. The largest absolute Gasteiger partial charge is 0.385 e. The molecule has 4 rings (SSSR count). The van der Waals surface area contributed by atoms with Crippen LogP contribution in [0, 0.1) is 17.6 Å². The van der Waals surface area contributed by atoms with Gasteiger partial charge in [-0.2, -0.15) is 0 Å². The van der Waals surface area contributed by atoms with Gasteiger partial charge >= 0.3 is 0 Å². The van der Waals surface area contributed by atoms with E-state index < -0.39 is 23.2 Å². The molecule has 0 bridgehead atoms. The van der Waals surface area contributed by atoms with Gasteiger partial charge in [0.2, 0.25) is 0 Å². The van der Waals surface area contributed by atoms with Crippen molar-refractivity contribution in [3.8, 4) is 0 Å². The Hall–Kier alpha value is -2.93. The minimum absolute atomic E-state index is 0.0586. The van der Waals surface area contributed by atoms with Crippen LogP contribution in [0.25, 0.3) is 0 Å². The second kappa shape index (κ2) is 12.7. The number of ketones is 2. The predicted molar refractivity (Wildman–Crippen MR) is 144 cm³/mol. The molecule has 0 aliphatic carbocycles. The van der Waals surface area contributed by atoms with Gasteiger partial charge in [0, 0.05) is 41.6 Å². The molecule has 3 aromatic rings. The normalized spacial score (nSPS) is 17.7. The number of halogens is 3. The molecule has 200 valence electrons. The summed E-state index contributed by atoms with van der Waals surface area (Å²) in [6, 6.07) is 9.21. The number of Topliss-reactive ketones (excluding diaryl/α,β-unsaturated/α-hetero) is 2. The van der Waals surface area contributed by atoms with E-state index in [4.69, 9.17) is 17.1 Å². The molecule has 0 spiro atoms. The number of aliphatic hydroxyl groups is 1. The highest BCUT2D eigenvalue weighted by Crippen LogP contribution is 2.34. The molecule has 0 radical (unpaired) electrons. The highest BCUT2D eigenvalue weighted by molar-refractivity contribution is 6.30.